The van der Waals surface area contributed by atoms with Gasteiger partial charge in [0.2, 0.25) is 0 Å². The minimum Gasteiger partial charge on any atom is -1.00 e. The maximum atomic E-state index is 5.72. The van der Waals surface area contributed by atoms with Crippen LogP contribution in [0.2, 0.25) is 0 Å². The van der Waals surface area contributed by atoms with Gasteiger partial charge in [-0.25, -0.2) is 4.57 Å². The summed E-state index contributed by atoms with van der Waals surface area (Å²) in [5.41, 5.74) is 6.94. The van der Waals surface area contributed by atoms with Crippen LogP contribution in [0.5, 0.6) is 0 Å². The van der Waals surface area contributed by atoms with Crippen molar-refractivity contribution in [2.75, 3.05) is 5.73 Å². The molecule has 3 nitrogen and oxygen atoms in total. The molecule has 0 aliphatic heterocycles. The van der Waals surface area contributed by atoms with E-state index in [1.807, 2.05) is 35.0 Å². The lowest BCUT2D eigenvalue weighted by molar-refractivity contribution is -0.676. The highest BCUT2D eigenvalue weighted by atomic mass is 79.9. The van der Waals surface area contributed by atoms with Crippen LogP contribution in [-0.2, 0) is 6.54 Å². The van der Waals surface area contributed by atoms with E-state index in [0.717, 1.165) is 6.54 Å². The van der Waals surface area contributed by atoms with E-state index in [9.17, 15) is 0 Å². The first-order chi connectivity index (χ1) is 6.86. The summed E-state index contributed by atoms with van der Waals surface area (Å²) in [5, 5.41) is 0. The van der Waals surface area contributed by atoms with Crippen molar-refractivity contribution in [1.82, 2.24) is 4.98 Å². The van der Waals surface area contributed by atoms with E-state index in [0.29, 0.717) is 5.95 Å². The molecule has 0 spiro atoms. The topological polar surface area (TPSA) is 42.8 Å². The lowest BCUT2D eigenvalue weighted by Crippen LogP contribution is -3.00. The summed E-state index contributed by atoms with van der Waals surface area (Å²) >= 11 is 0. The number of nitrogen functional groups attached to an aromatic ring is 1. The lowest BCUT2D eigenvalue weighted by atomic mass is 10.2. The zero-order chi connectivity index (χ0) is 9.80. The predicted molar refractivity (Wildman–Crippen MR) is 54.4 cm³/mol. The summed E-state index contributed by atoms with van der Waals surface area (Å²) in [7, 11) is 0. The average molecular weight is 266 g/mol. The van der Waals surface area contributed by atoms with Gasteiger partial charge in [0.15, 0.2) is 0 Å². The largest absolute Gasteiger partial charge is 1.00 e. The first-order valence-electron chi connectivity index (χ1n) is 4.50. The molecule has 1 aromatic carbocycles. The Balaban J connectivity index is 0.00000112. The highest BCUT2D eigenvalue weighted by molar-refractivity contribution is 5.14. The van der Waals surface area contributed by atoms with Crippen molar-refractivity contribution in [2.24, 2.45) is 0 Å². The van der Waals surface area contributed by atoms with Crippen LogP contribution in [0.1, 0.15) is 5.56 Å². The molecule has 0 amide bonds. The molecule has 0 unspecified atom stereocenters. The molecular formula is C11H12BrN3. The lowest BCUT2D eigenvalue weighted by Gasteiger charge is -2.01. The van der Waals surface area contributed by atoms with E-state index in [-0.39, 0.29) is 17.0 Å². The van der Waals surface area contributed by atoms with E-state index in [1.165, 1.54) is 5.56 Å². The smallest absolute Gasteiger partial charge is 0.389 e. The zero-order valence-corrected chi connectivity index (χ0v) is 9.76. The number of nitrogens with zero attached hydrogens (tertiary/aromatic N) is 2. The Labute approximate surface area is 99.4 Å². The standard InChI is InChI=1S/C11H11N3.BrH/c12-11-13-7-4-8-14(11)9-10-5-2-1-3-6-10;/h1-8,12H,9H2;1H. The second-order valence-electron chi connectivity index (χ2n) is 3.09. The number of nitrogens with two attached hydrogens (primary N) is 1. The number of rotatable bonds is 2. The second-order valence-corrected chi connectivity index (χ2v) is 3.09. The number of anilines is 1. The quantitative estimate of drug-likeness (QED) is 0.639. The molecule has 0 saturated heterocycles. The molecule has 4 heteroatoms. The molecule has 78 valence electrons. The first-order valence-corrected chi connectivity index (χ1v) is 4.50. The summed E-state index contributed by atoms with van der Waals surface area (Å²) in [6, 6.07) is 12.0. The highest BCUT2D eigenvalue weighted by Gasteiger charge is 2.03. The molecule has 0 radical (unpaired) electrons. The van der Waals surface area contributed by atoms with Gasteiger partial charge in [-0.05, 0) is 5.56 Å². The first kappa shape index (κ1) is 11.7. The molecule has 0 aliphatic carbocycles. The zero-order valence-electron chi connectivity index (χ0n) is 8.18. The van der Waals surface area contributed by atoms with Gasteiger partial charge >= 0.3 is 5.95 Å². The number of hydrogen-bond donors (Lipinski definition) is 1. The summed E-state index contributed by atoms with van der Waals surface area (Å²) in [6.07, 6.45) is 3.62. The Hall–Kier alpha value is -1.42. The Morgan fingerprint density at radius 3 is 2.53 bits per heavy atom. The predicted octanol–water partition coefficient (Wildman–Crippen LogP) is -2.00. The number of benzene rings is 1. The summed E-state index contributed by atoms with van der Waals surface area (Å²) in [4.78, 5) is 4.02. The Morgan fingerprint density at radius 1 is 1.13 bits per heavy atom. The maximum absolute atomic E-state index is 5.72. The third kappa shape index (κ3) is 3.02. The third-order valence-corrected chi connectivity index (χ3v) is 2.05. The average Bonchev–Trinajstić information content (AvgIpc) is 2.23. The van der Waals surface area contributed by atoms with Crippen LogP contribution in [0.15, 0.2) is 48.8 Å². The summed E-state index contributed by atoms with van der Waals surface area (Å²) in [6.45, 7) is 0.764. The molecular weight excluding hydrogens is 254 g/mol. The third-order valence-electron chi connectivity index (χ3n) is 2.05. The molecule has 0 bridgehead atoms. The molecule has 0 saturated carbocycles. The van der Waals surface area contributed by atoms with Crippen LogP contribution in [-0.4, -0.2) is 4.98 Å². The van der Waals surface area contributed by atoms with Gasteiger partial charge in [0, 0.05) is 6.07 Å². The van der Waals surface area contributed by atoms with E-state index < -0.39 is 0 Å². The number of hydrogen-bond acceptors (Lipinski definition) is 2. The van der Waals surface area contributed by atoms with Crippen LogP contribution < -0.4 is 27.3 Å². The Morgan fingerprint density at radius 2 is 1.87 bits per heavy atom. The van der Waals surface area contributed by atoms with Gasteiger partial charge in [0.1, 0.15) is 6.20 Å². The SMILES string of the molecule is Nc1nccc[n+]1Cc1ccccc1.[Br-]. The van der Waals surface area contributed by atoms with Crippen molar-refractivity contribution in [1.29, 1.82) is 0 Å². The van der Waals surface area contributed by atoms with Crippen LogP contribution in [0.4, 0.5) is 5.95 Å². The van der Waals surface area contributed by atoms with E-state index in [4.69, 9.17) is 5.73 Å². The molecule has 0 fully saturated rings. The van der Waals surface area contributed by atoms with Gasteiger partial charge in [0.25, 0.3) is 0 Å². The van der Waals surface area contributed by atoms with Crippen molar-refractivity contribution in [3.8, 4) is 0 Å². The van der Waals surface area contributed by atoms with Crippen molar-refractivity contribution in [3.05, 3.63) is 54.4 Å². The molecule has 2 N–H and O–H groups in total. The fourth-order valence-corrected chi connectivity index (χ4v) is 1.33. The molecule has 15 heavy (non-hydrogen) atoms. The molecule has 2 rings (SSSR count). The van der Waals surface area contributed by atoms with Gasteiger partial charge in [-0.3, -0.25) is 5.73 Å². The van der Waals surface area contributed by atoms with Crippen LogP contribution in [0, 0.1) is 0 Å². The minimum absolute atomic E-state index is 0. The van der Waals surface area contributed by atoms with Gasteiger partial charge in [-0.2, -0.15) is 0 Å². The highest BCUT2D eigenvalue weighted by Crippen LogP contribution is 1.98. The van der Waals surface area contributed by atoms with E-state index in [2.05, 4.69) is 17.1 Å². The summed E-state index contributed by atoms with van der Waals surface area (Å²) in [5.74, 6) is 0.538. The van der Waals surface area contributed by atoms with Crippen molar-refractivity contribution in [3.63, 3.8) is 0 Å². The number of halogens is 1. The van der Waals surface area contributed by atoms with E-state index >= 15 is 0 Å². The molecule has 1 aromatic heterocycles. The Kier molecular flexibility index (Phi) is 4.24. The normalized spacial score (nSPS) is 9.33. The van der Waals surface area contributed by atoms with Gasteiger partial charge in [0.05, 0.1) is 12.7 Å². The summed E-state index contributed by atoms with van der Waals surface area (Å²) < 4.78 is 1.91. The second kappa shape index (κ2) is 5.46. The molecule has 0 aliphatic rings. The fraction of sp³-hybridized carbons (Fsp3) is 0.0909. The van der Waals surface area contributed by atoms with Crippen molar-refractivity contribution < 1.29 is 21.5 Å². The van der Waals surface area contributed by atoms with Crippen LogP contribution in [0.3, 0.4) is 0 Å². The van der Waals surface area contributed by atoms with Crippen molar-refractivity contribution in [2.45, 2.75) is 6.54 Å². The monoisotopic (exact) mass is 265 g/mol. The molecule has 0 atom stereocenters. The Bertz CT molecular complexity index is 417. The molecule has 2 aromatic rings. The van der Waals surface area contributed by atoms with Crippen molar-refractivity contribution >= 4 is 5.95 Å². The van der Waals surface area contributed by atoms with Gasteiger partial charge < -0.3 is 17.0 Å². The van der Waals surface area contributed by atoms with Gasteiger partial charge in [-0.1, -0.05) is 35.3 Å². The van der Waals surface area contributed by atoms with Crippen LogP contribution >= 0.6 is 0 Å². The number of aromatic nitrogens is 2. The van der Waals surface area contributed by atoms with Crippen LogP contribution in [0.25, 0.3) is 0 Å². The molecule has 1 heterocycles. The van der Waals surface area contributed by atoms with Gasteiger partial charge in [-0.15, -0.1) is 0 Å². The fourth-order valence-electron chi connectivity index (χ4n) is 1.33. The minimum atomic E-state index is 0. The maximum Gasteiger partial charge on any atom is 0.389 e. The van der Waals surface area contributed by atoms with E-state index in [1.54, 1.807) is 6.20 Å².